The van der Waals surface area contributed by atoms with Gasteiger partial charge in [0.05, 0.1) is 37.8 Å². The number of nitrogens with zero attached hydrogens (tertiary/aromatic N) is 9. The number of hydrogen-bond donors (Lipinski definition) is 0. The predicted octanol–water partition coefficient (Wildman–Crippen LogP) is 2.05. The van der Waals surface area contributed by atoms with Gasteiger partial charge in [0.1, 0.15) is 12.0 Å². The third-order valence-corrected chi connectivity index (χ3v) is 7.30. The summed E-state index contributed by atoms with van der Waals surface area (Å²) in [7, 11) is 2.18. The summed E-state index contributed by atoms with van der Waals surface area (Å²) >= 11 is 0. The maximum Gasteiger partial charge on any atom is 0.182 e. The number of ether oxygens (including phenoxy) is 1. The van der Waals surface area contributed by atoms with Crippen molar-refractivity contribution in [1.82, 2.24) is 39.2 Å². The second-order valence-corrected chi connectivity index (χ2v) is 9.73. The van der Waals surface area contributed by atoms with Crippen LogP contribution in [0, 0.1) is 6.92 Å². The zero-order chi connectivity index (χ0) is 24.5. The van der Waals surface area contributed by atoms with Crippen molar-refractivity contribution in [3.63, 3.8) is 0 Å². The highest BCUT2D eigenvalue weighted by Crippen LogP contribution is 2.30. The topological polar surface area (TPSA) is 79.8 Å². The van der Waals surface area contributed by atoms with Crippen LogP contribution in [0.25, 0.3) is 28.2 Å². The molecule has 0 amide bonds. The van der Waals surface area contributed by atoms with Gasteiger partial charge in [-0.1, -0.05) is 6.07 Å². The minimum atomic E-state index is 0.750. The Morgan fingerprint density at radius 2 is 1.72 bits per heavy atom. The first-order valence-electron chi connectivity index (χ1n) is 12.7. The first-order chi connectivity index (χ1) is 17.7. The summed E-state index contributed by atoms with van der Waals surface area (Å²) in [5.41, 5.74) is 7.05. The molecule has 2 saturated heterocycles. The molecule has 1 aromatic carbocycles. The molecule has 0 bridgehead atoms. The van der Waals surface area contributed by atoms with E-state index in [1.54, 1.807) is 6.33 Å². The molecule has 36 heavy (non-hydrogen) atoms. The van der Waals surface area contributed by atoms with E-state index in [-0.39, 0.29) is 0 Å². The fourth-order valence-electron chi connectivity index (χ4n) is 5.11. The molecule has 4 aromatic rings. The van der Waals surface area contributed by atoms with Crippen LogP contribution >= 0.6 is 0 Å². The van der Waals surface area contributed by atoms with Crippen LogP contribution in [0.1, 0.15) is 5.56 Å². The van der Waals surface area contributed by atoms with E-state index in [0.29, 0.717) is 0 Å². The Labute approximate surface area is 211 Å². The van der Waals surface area contributed by atoms with Gasteiger partial charge in [-0.2, -0.15) is 10.2 Å². The van der Waals surface area contributed by atoms with E-state index in [2.05, 4.69) is 68.2 Å². The molecule has 5 heterocycles. The van der Waals surface area contributed by atoms with Crippen molar-refractivity contribution in [3.8, 4) is 22.5 Å². The molecule has 6 rings (SSSR count). The standard InChI is InChI=1S/C26H33N9O/c1-20-15-21(3-4-23(20)33-8-5-31(2)6-9-33)25-26-28-19-30-35(26)24(17-27-25)22-16-29-34(18-22)10-7-32-11-13-36-14-12-32/h3-4,15-19H,5-14H2,1-2H3. The minimum absolute atomic E-state index is 0.750. The highest BCUT2D eigenvalue weighted by atomic mass is 16.5. The number of hydrogen-bond acceptors (Lipinski definition) is 8. The van der Waals surface area contributed by atoms with E-state index >= 15 is 0 Å². The third-order valence-electron chi connectivity index (χ3n) is 7.30. The number of piperazine rings is 1. The molecule has 188 valence electrons. The van der Waals surface area contributed by atoms with Gasteiger partial charge in [-0.3, -0.25) is 9.58 Å². The molecule has 3 aromatic heterocycles. The largest absolute Gasteiger partial charge is 0.379 e. The molecule has 2 aliphatic heterocycles. The highest BCUT2D eigenvalue weighted by Gasteiger charge is 2.19. The van der Waals surface area contributed by atoms with Gasteiger partial charge in [-0.15, -0.1) is 0 Å². The molecule has 0 spiro atoms. The van der Waals surface area contributed by atoms with Gasteiger partial charge in [0.2, 0.25) is 0 Å². The number of rotatable bonds is 6. The number of likely N-dealkylation sites (N-methyl/N-ethyl adjacent to an activating group) is 1. The fourth-order valence-corrected chi connectivity index (χ4v) is 5.11. The Hall–Kier alpha value is -3.34. The average molecular weight is 488 g/mol. The summed E-state index contributed by atoms with van der Waals surface area (Å²) in [6.45, 7) is 11.9. The summed E-state index contributed by atoms with van der Waals surface area (Å²) in [4.78, 5) is 16.7. The lowest BCUT2D eigenvalue weighted by atomic mass is 10.1. The first-order valence-corrected chi connectivity index (χ1v) is 12.7. The third kappa shape index (κ3) is 4.59. The monoisotopic (exact) mass is 487 g/mol. The van der Waals surface area contributed by atoms with Crippen molar-refractivity contribution in [3.05, 3.63) is 48.7 Å². The van der Waals surface area contributed by atoms with E-state index < -0.39 is 0 Å². The smallest absolute Gasteiger partial charge is 0.182 e. The summed E-state index contributed by atoms with van der Waals surface area (Å²) in [6.07, 6.45) is 7.42. The van der Waals surface area contributed by atoms with Gasteiger partial charge in [0, 0.05) is 68.8 Å². The Morgan fingerprint density at radius 3 is 2.53 bits per heavy atom. The van der Waals surface area contributed by atoms with E-state index in [9.17, 15) is 0 Å². The van der Waals surface area contributed by atoms with Gasteiger partial charge in [-0.05, 0) is 31.7 Å². The molecule has 0 unspecified atom stereocenters. The molecule has 10 nitrogen and oxygen atoms in total. The predicted molar refractivity (Wildman–Crippen MR) is 139 cm³/mol. The van der Waals surface area contributed by atoms with Gasteiger partial charge < -0.3 is 14.5 Å². The van der Waals surface area contributed by atoms with Crippen molar-refractivity contribution in [2.24, 2.45) is 0 Å². The maximum absolute atomic E-state index is 5.44. The van der Waals surface area contributed by atoms with Crippen molar-refractivity contribution in [1.29, 1.82) is 0 Å². The van der Waals surface area contributed by atoms with Gasteiger partial charge >= 0.3 is 0 Å². The zero-order valence-corrected chi connectivity index (χ0v) is 21.0. The van der Waals surface area contributed by atoms with Crippen LogP contribution in [-0.4, -0.2) is 105 Å². The van der Waals surface area contributed by atoms with Crippen molar-refractivity contribution in [2.45, 2.75) is 13.5 Å². The van der Waals surface area contributed by atoms with Crippen LogP contribution in [-0.2, 0) is 11.3 Å². The van der Waals surface area contributed by atoms with E-state index in [1.807, 2.05) is 21.6 Å². The average Bonchev–Trinajstić information content (AvgIpc) is 3.59. The lowest BCUT2D eigenvalue weighted by Gasteiger charge is -2.35. The van der Waals surface area contributed by atoms with E-state index in [4.69, 9.17) is 9.72 Å². The highest BCUT2D eigenvalue weighted by molar-refractivity contribution is 5.78. The van der Waals surface area contributed by atoms with Crippen molar-refractivity contribution >= 4 is 11.3 Å². The number of anilines is 1. The van der Waals surface area contributed by atoms with Crippen LogP contribution < -0.4 is 4.90 Å². The molecule has 0 aliphatic carbocycles. The van der Waals surface area contributed by atoms with Crippen LogP contribution in [0.5, 0.6) is 0 Å². The Kier molecular flexibility index (Phi) is 6.39. The second kappa shape index (κ2) is 9.96. The fraction of sp³-hybridized carbons (Fsp3) is 0.462. The molecule has 10 heteroatoms. The minimum Gasteiger partial charge on any atom is -0.379 e. The quantitative estimate of drug-likeness (QED) is 0.409. The molecular formula is C26H33N9O. The summed E-state index contributed by atoms with van der Waals surface area (Å²) in [5, 5.41) is 9.10. The van der Waals surface area contributed by atoms with Crippen molar-refractivity contribution in [2.75, 3.05) is 71.0 Å². The van der Waals surface area contributed by atoms with Crippen LogP contribution in [0.2, 0.25) is 0 Å². The summed E-state index contributed by atoms with van der Waals surface area (Å²) in [5.74, 6) is 0. The van der Waals surface area contributed by atoms with Crippen LogP contribution in [0.4, 0.5) is 5.69 Å². The summed E-state index contributed by atoms with van der Waals surface area (Å²) < 4.78 is 9.30. The Morgan fingerprint density at radius 1 is 0.889 bits per heavy atom. The van der Waals surface area contributed by atoms with E-state index in [1.165, 1.54) is 11.3 Å². The van der Waals surface area contributed by atoms with Gasteiger partial charge in [0.15, 0.2) is 5.65 Å². The normalized spacial score (nSPS) is 17.8. The number of aryl methyl sites for hydroxylation is 1. The SMILES string of the molecule is Cc1cc(-c2ncc(-c3cnn(CCN4CCOCC4)c3)n3ncnc23)ccc1N1CCN(C)CC1. The molecule has 0 saturated carbocycles. The Balaban J connectivity index is 1.23. The lowest BCUT2D eigenvalue weighted by Crippen LogP contribution is -2.44. The summed E-state index contributed by atoms with van der Waals surface area (Å²) in [6, 6.07) is 6.59. The molecule has 0 atom stereocenters. The number of aromatic nitrogens is 6. The molecule has 0 radical (unpaired) electrons. The second-order valence-electron chi connectivity index (χ2n) is 9.73. The van der Waals surface area contributed by atoms with Gasteiger partial charge in [0.25, 0.3) is 0 Å². The first kappa shape index (κ1) is 23.1. The van der Waals surface area contributed by atoms with Crippen molar-refractivity contribution < 1.29 is 4.74 Å². The van der Waals surface area contributed by atoms with Gasteiger partial charge in [-0.25, -0.2) is 14.5 Å². The molecule has 2 fully saturated rings. The Bertz CT molecular complexity index is 1330. The molecular weight excluding hydrogens is 454 g/mol. The maximum atomic E-state index is 5.44. The number of fused-ring (bicyclic) bond motifs is 1. The number of morpholine rings is 1. The van der Waals surface area contributed by atoms with Crippen LogP contribution in [0.3, 0.4) is 0 Å². The lowest BCUT2D eigenvalue weighted by molar-refractivity contribution is 0.0360. The van der Waals surface area contributed by atoms with E-state index in [0.717, 1.165) is 93.7 Å². The zero-order valence-electron chi connectivity index (χ0n) is 21.0. The van der Waals surface area contributed by atoms with Crippen LogP contribution in [0.15, 0.2) is 43.1 Å². The number of benzene rings is 1. The molecule has 2 aliphatic rings. The molecule has 0 N–H and O–H groups in total.